The Morgan fingerprint density at radius 1 is 1.40 bits per heavy atom. The summed E-state index contributed by atoms with van der Waals surface area (Å²) in [5.74, 6) is 0.782. The number of rotatable bonds is 3. The van der Waals surface area contributed by atoms with Crippen LogP contribution in [-0.2, 0) is 4.74 Å². The molecule has 110 valence electrons. The Morgan fingerprint density at radius 2 is 2.15 bits per heavy atom. The molecule has 0 radical (unpaired) electrons. The smallest absolute Gasteiger partial charge is 0.338 e. The van der Waals surface area contributed by atoms with Gasteiger partial charge in [-0.3, -0.25) is 0 Å². The lowest BCUT2D eigenvalue weighted by Gasteiger charge is -2.38. The SMILES string of the molecule is COC(=O)c1ccnc(OC2CC(C)CC(C)(C)C2)c1. The molecule has 0 aliphatic heterocycles. The molecule has 0 saturated heterocycles. The van der Waals surface area contributed by atoms with E-state index in [0.717, 1.165) is 12.8 Å². The first-order valence-electron chi connectivity index (χ1n) is 7.10. The van der Waals surface area contributed by atoms with E-state index in [0.29, 0.717) is 22.8 Å². The van der Waals surface area contributed by atoms with Crippen LogP contribution in [0.3, 0.4) is 0 Å². The van der Waals surface area contributed by atoms with Crippen molar-refractivity contribution in [1.82, 2.24) is 4.98 Å². The van der Waals surface area contributed by atoms with E-state index >= 15 is 0 Å². The van der Waals surface area contributed by atoms with Gasteiger partial charge in [-0.05, 0) is 36.7 Å². The second-order valence-corrected chi connectivity index (χ2v) is 6.53. The molecule has 1 heterocycles. The van der Waals surface area contributed by atoms with Gasteiger partial charge in [0.05, 0.1) is 12.7 Å². The van der Waals surface area contributed by atoms with Gasteiger partial charge >= 0.3 is 5.97 Å². The monoisotopic (exact) mass is 277 g/mol. The van der Waals surface area contributed by atoms with Gasteiger partial charge in [-0.15, -0.1) is 0 Å². The first-order valence-corrected chi connectivity index (χ1v) is 7.10. The second-order valence-electron chi connectivity index (χ2n) is 6.53. The lowest BCUT2D eigenvalue weighted by molar-refractivity contribution is 0.0521. The Labute approximate surface area is 120 Å². The van der Waals surface area contributed by atoms with Crippen molar-refractivity contribution in [2.75, 3.05) is 7.11 Å². The van der Waals surface area contributed by atoms with Gasteiger partial charge in [-0.2, -0.15) is 0 Å². The molecule has 0 bridgehead atoms. The fourth-order valence-corrected chi connectivity index (χ4v) is 3.24. The van der Waals surface area contributed by atoms with E-state index in [2.05, 4.69) is 25.8 Å². The number of esters is 1. The van der Waals surface area contributed by atoms with Gasteiger partial charge in [0.2, 0.25) is 5.88 Å². The van der Waals surface area contributed by atoms with E-state index in [4.69, 9.17) is 9.47 Å². The molecule has 2 unspecified atom stereocenters. The molecule has 20 heavy (non-hydrogen) atoms. The average molecular weight is 277 g/mol. The molecular weight excluding hydrogens is 254 g/mol. The minimum atomic E-state index is -0.366. The molecule has 1 aromatic heterocycles. The third-order valence-corrected chi connectivity index (χ3v) is 3.79. The molecule has 1 aliphatic carbocycles. The predicted octanol–water partition coefficient (Wildman–Crippen LogP) is 3.46. The van der Waals surface area contributed by atoms with Crippen molar-refractivity contribution in [1.29, 1.82) is 0 Å². The number of pyridine rings is 1. The van der Waals surface area contributed by atoms with Gasteiger partial charge in [-0.25, -0.2) is 9.78 Å². The molecule has 2 atom stereocenters. The molecule has 1 aromatic rings. The van der Waals surface area contributed by atoms with Crippen molar-refractivity contribution in [3.8, 4) is 5.88 Å². The molecule has 0 amide bonds. The number of hydrogen-bond donors (Lipinski definition) is 0. The number of nitrogens with zero attached hydrogens (tertiary/aromatic N) is 1. The van der Waals surface area contributed by atoms with Crippen molar-refractivity contribution in [2.45, 2.75) is 46.1 Å². The third kappa shape index (κ3) is 3.71. The summed E-state index contributed by atoms with van der Waals surface area (Å²) >= 11 is 0. The van der Waals surface area contributed by atoms with Gasteiger partial charge in [-0.1, -0.05) is 20.8 Å². The van der Waals surface area contributed by atoms with E-state index in [-0.39, 0.29) is 12.1 Å². The predicted molar refractivity (Wildman–Crippen MR) is 76.8 cm³/mol. The Morgan fingerprint density at radius 3 is 2.80 bits per heavy atom. The van der Waals surface area contributed by atoms with Crippen LogP contribution >= 0.6 is 0 Å². The van der Waals surface area contributed by atoms with Crippen LogP contribution in [0.4, 0.5) is 0 Å². The van der Waals surface area contributed by atoms with Crippen molar-refractivity contribution >= 4 is 5.97 Å². The quantitative estimate of drug-likeness (QED) is 0.794. The summed E-state index contributed by atoms with van der Waals surface area (Å²) < 4.78 is 10.7. The molecule has 1 fully saturated rings. The normalized spacial score (nSPS) is 25.0. The maximum absolute atomic E-state index is 11.5. The number of carbonyl (C=O) groups is 1. The Kier molecular flexibility index (Phi) is 4.31. The highest BCUT2D eigenvalue weighted by molar-refractivity contribution is 5.89. The van der Waals surface area contributed by atoms with E-state index in [1.54, 1.807) is 18.3 Å². The van der Waals surface area contributed by atoms with Crippen LogP contribution in [0, 0.1) is 11.3 Å². The van der Waals surface area contributed by atoms with Gasteiger partial charge in [0, 0.05) is 12.3 Å². The molecule has 4 nitrogen and oxygen atoms in total. The molecular formula is C16H23NO3. The summed E-state index contributed by atoms with van der Waals surface area (Å²) in [4.78, 5) is 15.7. The molecule has 0 N–H and O–H groups in total. The average Bonchev–Trinajstić information content (AvgIpc) is 2.35. The zero-order valence-electron chi connectivity index (χ0n) is 12.7. The number of ether oxygens (including phenoxy) is 2. The number of carbonyl (C=O) groups excluding carboxylic acids is 1. The van der Waals surface area contributed by atoms with Crippen molar-refractivity contribution < 1.29 is 14.3 Å². The summed E-state index contributed by atoms with van der Waals surface area (Å²) in [5.41, 5.74) is 0.767. The fraction of sp³-hybridized carbons (Fsp3) is 0.625. The van der Waals surface area contributed by atoms with E-state index in [9.17, 15) is 4.79 Å². The van der Waals surface area contributed by atoms with Gasteiger partial charge in [0.1, 0.15) is 6.10 Å². The van der Waals surface area contributed by atoms with E-state index < -0.39 is 0 Å². The highest BCUT2D eigenvalue weighted by Crippen LogP contribution is 2.39. The highest BCUT2D eigenvalue weighted by Gasteiger charge is 2.33. The van der Waals surface area contributed by atoms with E-state index in [1.807, 2.05) is 0 Å². The first-order chi connectivity index (χ1) is 9.39. The van der Waals surface area contributed by atoms with Crippen LogP contribution in [0.15, 0.2) is 18.3 Å². The Balaban J connectivity index is 2.08. The molecule has 2 rings (SSSR count). The maximum Gasteiger partial charge on any atom is 0.338 e. The Hall–Kier alpha value is -1.58. The van der Waals surface area contributed by atoms with Gasteiger partial charge in [0.15, 0.2) is 0 Å². The molecule has 1 saturated carbocycles. The van der Waals surface area contributed by atoms with Crippen LogP contribution in [0.5, 0.6) is 5.88 Å². The lowest BCUT2D eigenvalue weighted by atomic mass is 9.71. The highest BCUT2D eigenvalue weighted by atomic mass is 16.5. The second kappa shape index (κ2) is 5.81. The van der Waals surface area contributed by atoms with Crippen molar-refractivity contribution in [3.63, 3.8) is 0 Å². The van der Waals surface area contributed by atoms with Gasteiger partial charge in [0.25, 0.3) is 0 Å². The van der Waals surface area contributed by atoms with Crippen molar-refractivity contribution in [2.24, 2.45) is 11.3 Å². The van der Waals surface area contributed by atoms with E-state index in [1.165, 1.54) is 13.5 Å². The van der Waals surface area contributed by atoms with Crippen LogP contribution < -0.4 is 4.74 Å². The largest absolute Gasteiger partial charge is 0.474 e. The molecule has 0 spiro atoms. The summed E-state index contributed by atoms with van der Waals surface area (Å²) in [5, 5.41) is 0. The van der Waals surface area contributed by atoms with Crippen LogP contribution in [0.25, 0.3) is 0 Å². The summed E-state index contributed by atoms with van der Waals surface area (Å²) in [6, 6.07) is 3.28. The Bertz CT molecular complexity index is 484. The summed E-state index contributed by atoms with van der Waals surface area (Å²) in [6.07, 6.45) is 5.02. The summed E-state index contributed by atoms with van der Waals surface area (Å²) in [7, 11) is 1.37. The fourth-order valence-electron chi connectivity index (χ4n) is 3.24. The summed E-state index contributed by atoms with van der Waals surface area (Å²) in [6.45, 7) is 6.81. The molecule has 1 aliphatic rings. The minimum absolute atomic E-state index is 0.161. The van der Waals surface area contributed by atoms with Crippen LogP contribution in [0.1, 0.15) is 50.4 Å². The number of hydrogen-bond acceptors (Lipinski definition) is 4. The first kappa shape index (κ1) is 14.8. The maximum atomic E-state index is 11.5. The zero-order chi connectivity index (χ0) is 14.8. The standard InChI is InChI=1S/C16H23NO3/c1-11-7-13(10-16(2,3)9-11)20-14-8-12(5-6-17-14)15(18)19-4/h5-6,8,11,13H,7,9-10H2,1-4H3. The van der Waals surface area contributed by atoms with Crippen LogP contribution in [0.2, 0.25) is 0 Å². The zero-order valence-corrected chi connectivity index (χ0v) is 12.7. The lowest BCUT2D eigenvalue weighted by Crippen LogP contribution is -2.34. The minimum Gasteiger partial charge on any atom is -0.474 e. The van der Waals surface area contributed by atoms with Crippen molar-refractivity contribution in [3.05, 3.63) is 23.9 Å². The topological polar surface area (TPSA) is 48.4 Å². The number of methoxy groups -OCH3 is 1. The third-order valence-electron chi connectivity index (χ3n) is 3.79. The number of aromatic nitrogens is 1. The van der Waals surface area contributed by atoms with Crippen LogP contribution in [-0.4, -0.2) is 24.2 Å². The van der Waals surface area contributed by atoms with Gasteiger partial charge < -0.3 is 9.47 Å². The molecule has 0 aromatic carbocycles. The molecule has 4 heteroatoms.